The molecule has 322 valence electrons. The van der Waals surface area contributed by atoms with Crippen LogP contribution in [0.3, 0.4) is 0 Å². The average Bonchev–Trinajstić information content (AvgIpc) is 3.70. The molecule has 1 aliphatic rings. The van der Waals surface area contributed by atoms with E-state index in [1.807, 2.05) is 13.8 Å². The summed E-state index contributed by atoms with van der Waals surface area (Å²) in [5.41, 5.74) is 1.52. The topological polar surface area (TPSA) is 194 Å². The van der Waals surface area contributed by atoms with Gasteiger partial charge in [0.05, 0.1) is 50.5 Å². The number of aryl methyl sites for hydroxylation is 2. The van der Waals surface area contributed by atoms with Crippen molar-refractivity contribution in [1.82, 2.24) is 25.1 Å². The first-order chi connectivity index (χ1) is 29.1. The molecule has 5 aromatic rings. The summed E-state index contributed by atoms with van der Waals surface area (Å²) in [5, 5.41) is 15.3. The molecule has 0 saturated carbocycles. The molecule has 0 radical (unpaired) electrons. The Morgan fingerprint density at radius 2 is 1.59 bits per heavy atom. The van der Waals surface area contributed by atoms with Crippen LogP contribution in [0.1, 0.15) is 49.9 Å². The van der Waals surface area contributed by atoms with Crippen LogP contribution in [0.25, 0.3) is 11.0 Å². The maximum absolute atomic E-state index is 13.8. The van der Waals surface area contributed by atoms with Gasteiger partial charge >= 0.3 is 5.69 Å². The van der Waals surface area contributed by atoms with Gasteiger partial charge in [-0.05, 0) is 67.4 Å². The number of rotatable bonds is 17. The second-order valence-corrected chi connectivity index (χ2v) is 16.9. The summed E-state index contributed by atoms with van der Waals surface area (Å²) in [4.78, 5) is 50.7. The third kappa shape index (κ3) is 11.0. The van der Waals surface area contributed by atoms with Crippen molar-refractivity contribution in [2.45, 2.75) is 44.4 Å². The van der Waals surface area contributed by atoms with E-state index < -0.39 is 15.9 Å². The summed E-state index contributed by atoms with van der Waals surface area (Å²) in [5.74, 6) is 0.427. The Hall–Kier alpha value is -6.04. The molecule has 0 aliphatic carbocycles. The Kier molecular flexibility index (Phi) is 14.3. The lowest BCUT2D eigenvalue weighted by molar-refractivity contribution is -0.122. The summed E-state index contributed by atoms with van der Waals surface area (Å²) in [6.07, 6.45) is 1.30. The predicted molar refractivity (Wildman–Crippen MR) is 235 cm³/mol. The fourth-order valence-electron chi connectivity index (χ4n) is 6.41. The molecule has 1 unspecified atom stereocenters. The lowest BCUT2D eigenvalue weighted by Crippen LogP contribution is -2.34. The van der Waals surface area contributed by atoms with E-state index in [0.29, 0.717) is 58.0 Å². The van der Waals surface area contributed by atoms with E-state index in [1.54, 1.807) is 67.6 Å². The molecule has 0 spiro atoms. The van der Waals surface area contributed by atoms with Gasteiger partial charge in [0, 0.05) is 63.6 Å². The SMILES string of the molecule is CCCOc1cccc(Oc2cc3c(cc2NS(=O)(=O)c2cccc(C(=O)NCCC(=O)NCCCC(=O)NC4=NN(c5ccc(Cl)c(Cl)c5)CC4C)c2)n(C)c(=O)n3C)c1. The predicted octanol–water partition coefficient (Wildman–Crippen LogP) is 6.17. The molecular weight excluding hydrogens is 847 g/mol. The molecule has 1 aromatic heterocycles. The minimum atomic E-state index is -4.31. The molecule has 61 heavy (non-hydrogen) atoms. The minimum absolute atomic E-state index is 0.0192. The van der Waals surface area contributed by atoms with Crippen LogP contribution in [-0.4, -0.2) is 67.4 Å². The van der Waals surface area contributed by atoms with Crippen molar-refractivity contribution < 1.29 is 32.3 Å². The number of benzene rings is 4. The number of hydrogen-bond donors (Lipinski definition) is 4. The average molecular weight is 894 g/mol. The molecule has 0 fully saturated rings. The largest absolute Gasteiger partial charge is 0.493 e. The number of hydrazone groups is 1. The number of ether oxygens (including phenoxy) is 2. The number of nitrogens with one attached hydrogen (secondary N) is 4. The van der Waals surface area contributed by atoms with Crippen LogP contribution >= 0.6 is 23.2 Å². The number of fused-ring (bicyclic) bond motifs is 1. The number of imidazole rings is 1. The summed E-state index contributed by atoms with van der Waals surface area (Å²) >= 11 is 12.2. The smallest absolute Gasteiger partial charge is 0.328 e. The zero-order valence-corrected chi connectivity index (χ0v) is 36.3. The number of halogens is 2. The van der Waals surface area contributed by atoms with Gasteiger partial charge in [0.1, 0.15) is 17.3 Å². The molecule has 6 rings (SSSR count). The second kappa shape index (κ2) is 19.6. The number of hydrogen-bond acceptors (Lipinski definition) is 10. The van der Waals surface area contributed by atoms with E-state index in [0.717, 1.165) is 12.1 Å². The van der Waals surface area contributed by atoms with E-state index in [-0.39, 0.29) is 71.2 Å². The molecule has 0 saturated heterocycles. The van der Waals surface area contributed by atoms with Crippen LogP contribution in [0.5, 0.6) is 17.2 Å². The molecule has 3 amide bonds. The maximum atomic E-state index is 13.8. The van der Waals surface area contributed by atoms with Gasteiger partial charge in [0.15, 0.2) is 5.75 Å². The normalized spacial score (nSPS) is 13.8. The van der Waals surface area contributed by atoms with E-state index in [1.165, 1.54) is 39.5 Å². The van der Waals surface area contributed by atoms with Gasteiger partial charge in [-0.3, -0.25) is 33.2 Å². The first-order valence-corrected chi connectivity index (χ1v) is 21.8. The van der Waals surface area contributed by atoms with Crippen LogP contribution < -0.4 is 40.8 Å². The summed E-state index contributed by atoms with van der Waals surface area (Å²) in [6, 6.07) is 20.6. The Morgan fingerprint density at radius 3 is 2.34 bits per heavy atom. The highest BCUT2D eigenvalue weighted by Crippen LogP contribution is 2.36. The van der Waals surface area contributed by atoms with E-state index >= 15 is 0 Å². The van der Waals surface area contributed by atoms with Gasteiger partial charge < -0.3 is 25.4 Å². The summed E-state index contributed by atoms with van der Waals surface area (Å²) in [6.45, 7) is 5.22. The summed E-state index contributed by atoms with van der Waals surface area (Å²) in [7, 11) is -1.12. The van der Waals surface area contributed by atoms with Crippen molar-refractivity contribution in [3.8, 4) is 17.2 Å². The Bertz CT molecular complexity index is 2670. The maximum Gasteiger partial charge on any atom is 0.328 e. The third-order valence-corrected chi connectivity index (χ3v) is 11.8. The monoisotopic (exact) mass is 892 g/mol. The van der Waals surface area contributed by atoms with Gasteiger partial charge in [0.25, 0.3) is 15.9 Å². The Balaban J connectivity index is 1.01. The van der Waals surface area contributed by atoms with Crippen molar-refractivity contribution in [2.75, 3.05) is 36.0 Å². The third-order valence-electron chi connectivity index (χ3n) is 9.68. The molecule has 4 aromatic carbocycles. The van der Waals surface area contributed by atoms with Crippen LogP contribution in [0.15, 0.2) is 93.7 Å². The van der Waals surface area contributed by atoms with Crippen LogP contribution in [0.4, 0.5) is 11.4 Å². The highest BCUT2D eigenvalue weighted by molar-refractivity contribution is 7.92. The number of nitrogens with zero attached hydrogens (tertiary/aromatic N) is 4. The zero-order valence-electron chi connectivity index (χ0n) is 34.0. The number of anilines is 2. The molecule has 19 heteroatoms. The number of carbonyl (C=O) groups is 3. The van der Waals surface area contributed by atoms with Gasteiger partial charge in [-0.2, -0.15) is 5.10 Å². The summed E-state index contributed by atoms with van der Waals surface area (Å²) < 4.78 is 44.9. The standard InChI is InChI=1S/C42H46Cl2N8O8S/c1-5-19-59-29-10-7-11-30(22-29)60-37-24-36-35(50(3)42(56)51(36)4)23-34(37)49-61(57,58)31-12-6-9-27(20-31)41(55)46-18-16-38(53)45-17-8-13-39(54)47-40-26(2)25-52(48-40)28-14-15-32(43)33(44)21-28/h6-7,9-12,14-15,20-24,26,49H,5,8,13,16-19,25H2,1-4H3,(H,45,53)(H,46,55)(H,47,48,54). The quantitative estimate of drug-likeness (QED) is 0.0791. The number of amides is 3. The lowest BCUT2D eigenvalue weighted by Gasteiger charge is -2.15. The van der Waals surface area contributed by atoms with Gasteiger partial charge in [0.2, 0.25) is 11.8 Å². The number of amidine groups is 1. The fourth-order valence-corrected chi connectivity index (χ4v) is 7.81. The highest BCUT2D eigenvalue weighted by atomic mass is 35.5. The lowest BCUT2D eigenvalue weighted by atomic mass is 10.1. The van der Waals surface area contributed by atoms with Crippen molar-refractivity contribution in [3.63, 3.8) is 0 Å². The number of carbonyl (C=O) groups excluding carboxylic acids is 3. The van der Waals surface area contributed by atoms with Crippen molar-refractivity contribution in [1.29, 1.82) is 0 Å². The molecular formula is C42H46Cl2N8O8S. The number of sulfonamides is 1. The number of aromatic nitrogens is 2. The molecule has 16 nitrogen and oxygen atoms in total. The highest BCUT2D eigenvalue weighted by Gasteiger charge is 2.26. The van der Waals surface area contributed by atoms with E-state index in [9.17, 15) is 27.6 Å². The molecule has 0 bridgehead atoms. The Labute approximate surface area is 362 Å². The van der Waals surface area contributed by atoms with Crippen molar-refractivity contribution in [3.05, 3.63) is 105 Å². The van der Waals surface area contributed by atoms with Crippen LogP contribution in [0.2, 0.25) is 10.0 Å². The molecule has 1 atom stereocenters. The van der Waals surface area contributed by atoms with Gasteiger partial charge in [-0.1, -0.05) is 49.2 Å². The molecule has 2 heterocycles. The first kappa shape index (κ1) is 44.5. The zero-order chi connectivity index (χ0) is 43.8. The van der Waals surface area contributed by atoms with Crippen molar-refractivity contribution in [2.24, 2.45) is 25.1 Å². The van der Waals surface area contributed by atoms with E-state index in [4.69, 9.17) is 32.7 Å². The van der Waals surface area contributed by atoms with Gasteiger partial charge in [-0.25, -0.2) is 13.2 Å². The second-order valence-electron chi connectivity index (χ2n) is 14.4. The van der Waals surface area contributed by atoms with Crippen LogP contribution in [0, 0.1) is 5.92 Å². The van der Waals surface area contributed by atoms with Crippen LogP contribution in [-0.2, 0) is 33.7 Å². The fraction of sp³-hybridized carbons (Fsp3) is 0.310. The first-order valence-electron chi connectivity index (χ1n) is 19.5. The van der Waals surface area contributed by atoms with E-state index in [2.05, 4.69) is 25.8 Å². The molecule has 4 N–H and O–H groups in total. The minimum Gasteiger partial charge on any atom is -0.493 e. The Morgan fingerprint density at radius 1 is 0.852 bits per heavy atom. The van der Waals surface area contributed by atoms with Crippen molar-refractivity contribution >= 4 is 79.2 Å². The molecule has 1 aliphatic heterocycles. The van der Waals surface area contributed by atoms with Gasteiger partial charge in [-0.15, -0.1) is 0 Å².